The van der Waals surface area contributed by atoms with E-state index in [4.69, 9.17) is 0 Å². The second-order valence-corrected chi connectivity index (χ2v) is 8.82. The molecule has 1 aliphatic heterocycles. The van der Waals surface area contributed by atoms with Gasteiger partial charge in [-0.15, -0.1) is 11.8 Å². The van der Waals surface area contributed by atoms with Crippen LogP contribution >= 0.6 is 11.8 Å². The lowest BCUT2D eigenvalue weighted by Crippen LogP contribution is -2.29. The Morgan fingerprint density at radius 3 is 2.20 bits per heavy atom. The number of benzene rings is 2. The lowest BCUT2D eigenvalue weighted by Gasteiger charge is -2.26. The molecule has 6 heteroatoms. The summed E-state index contributed by atoms with van der Waals surface area (Å²) in [6, 6.07) is 16.1. The number of rotatable bonds is 9. The second-order valence-electron chi connectivity index (χ2n) is 7.84. The van der Waals surface area contributed by atoms with Gasteiger partial charge in [0, 0.05) is 18.8 Å². The number of piperidine rings is 1. The Kier molecular flexibility index (Phi) is 8.78. The van der Waals surface area contributed by atoms with Gasteiger partial charge in [-0.05, 0) is 56.1 Å². The van der Waals surface area contributed by atoms with Crippen LogP contribution in [0.15, 0.2) is 48.5 Å². The van der Waals surface area contributed by atoms with Crippen molar-refractivity contribution in [2.75, 3.05) is 29.9 Å². The minimum absolute atomic E-state index is 0.0551. The maximum atomic E-state index is 12.1. The molecule has 1 heterocycles. The zero-order chi connectivity index (χ0) is 21.2. The Morgan fingerprint density at radius 1 is 0.867 bits per heavy atom. The normalized spacial score (nSPS) is 14.3. The number of amides is 2. The first kappa shape index (κ1) is 22.4. The van der Waals surface area contributed by atoms with Crippen LogP contribution in [0.25, 0.3) is 0 Å². The predicted octanol–water partition coefficient (Wildman–Crippen LogP) is 3.97. The Hall–Kier alpha value is -2.31. The van der Waals surface area contributed by atoms with Crippen molar-refractivity contribution in [3.05, 3.63) is 65.2 Å². The van der Waals surface area contributed by atoms with Gasteiger partial charge in [0.05, 0.1) is 11.5 Å². The van der Waals surface area contributed by atoms with Gasteiger partial charge in [-0.1, -0.05) is 48.4 Å². The second kappa shape index (κ2) is 11.8. The third-order valence-electron chi connectivity index (χ3n) is 5.17. The molecule has 0 aliphatic carbocycles. The molecule has 0 aromatic heterocycles. The van der Waals surface area contributed by atoms with Crippen molar-refractivity contribution >= 4 is 29.3 Å². The fourth-order valence-corrected chi connectivity index (χ4v) is 4.11. The summed E-state index contributed by atoms with van der Waals surface area (Å²) >= 11 is 1.32. The SMILES string of the molecule is Cc1ccc(NC(=O)CSCC(=O)NCc2ccc(CN3CCCCC3)cc2)cc1. The van der Waals surface area contributed by atoms with E-state index in [-0.39, 0.29) is 23.3 Å². The highest BCUT2D eigenvalue weighted by atomic mass is 32.2. The summed E-state index contributed by atoms with van der Waals surface area (Å²) in [7, 11) is 0. The Morgan fingerprint density at radius 2 is 1.50 bits per heavy atom. The molecule has 0 unspecified atom stereocenters. The topological polar surface area (TPSA) is 61.4 Å². The standard InChI is InChI=1S/C24H31N3O2S/c1-19-5-11-22(12-6-19)26-24(29)18-30-17-23(28)25-15-20-7-9-21(10-8-20)16-27-13-3-2-4-14-27/h5-12H,2-4,13-18H2,1H3,(H,25,28)(H,26,29). The van der Waals surface area contributed by atoms with Gasteiger partial charge in [0.1, 0.15) is 0 Å². The first-order chi connectivity index (χ1) is 14.6. The zero-order valence-corrected chi connectivity index (χ0v) is 18.5. The van der Waals surface area contributed by atoms with E-state index in [0.717, 1.165) is 23.4 Å². The summed E-state index contributed by atoms with van der Waals surface area (Å²) in [6.07, 6.45) is 3.95. The molecule has 0 saturated carbocycles. The van der Waals surface area contributed by atoms with Crippen molar-refractivity contribution in [1.29, 1.82) is 0 Å². The van der Waals surface area contributed by atoms with Crippen molar-refractivity contribution in [3.63, 3.8) is 0 Å². The molecule has 1 aliphatic rings. The summed E-state index contributed by atoms with van der Waals surface area (Å²) in [5.41, 5.74) is 4.34. The molecular formula is C24H31N3O2S. The molecule has 5 nitrogen and oxygen atoms in total. The Labute approximate surface area is 183 Å². The number of carbonyl (C=O) groups is 2. The van der Waals surface area contributed by atoms with Gasteiger partial charge in [0.2, 0.25) is 11.8 Å². The predicted molar refractivity (Wildman–Crippen MR) is 125 cm³/mol. The van der Waals surface area contributed by atoms with E-state index in [1.165, 1.54) is 49.7 Å². The van der Waals surface area contributed by atoms with Crippen molar-refractivity contribution in [1.82, 2.24) is 10.2 Å². The van der Waals surface area contributed by atoms with E-state index in [2.05, 4.69) is 39.8 Å². The van der Waals surface area contributed by atoms with E-state index in [9.17, 15) is 9.59 Å². The fraction of sp³-hybridized carbons (Fsp3) is 0.417. The van der Waals surface area contributed by atoms with Crippen molar-refractivity contribution in [2.45, 2.75) is 39.3 Å². The molecule has 30 heavy (non-hydrogen) atoms. The third-order valence-corrected chi connectivity index (χ3v) is 6.10. The molecule has 160 valence electrons. The lowest BCUT2D eigenvalue weighted by molar-refractivity contribution is -0.118. The van der Waals surface area contributed by atoms with Gasteiger partial charge in [0.15, 0.2) is 0 Å². The number of carbonyl (C=O) groups excluding carboxylic acids is 2. The maximum absolute atomic E-state index is 12.1. The van der Waals surface area contributed by atoms with Gasteiger partial charge in [-0.2, -0.15) is 0 Å². The number of anilines is 1. The van der Waals surface area contributed by atoms with Gasteiger partial charge in [-0.3, -0.25) is 14.5 Å². The van der Waals surface area contributed by atoms with E-state index >= 15 is 0 Å². The van der Waals surface area contributed by atoms with E-state index in [0.29, 0.717) is 6.54 Å². The molecule has 2 amide bonds. The van der Waals surface area contributed by atoms with Crippen LogP contribution in [0.4, 0.5) is 5.69 Å². The first-order valence-corrected chi connectivity index (χ1v) is 11.7. The smallest absolute Gasteiger partial charge is 0.234 e. The quantitative estimate of drug-likeness (QED) is 0.638. The highest BCUT2D eigenvalue weighted by Crippen LogP contribution is 2.14. The van der Waals surface area contributed by atoms with E-state index in [1.807, 2.05) is 31.2 Å². The van der Waals surface area contributed by atoms with Crippen LogP contribution in [0.1, 0.15) is 36.0 Å². The van der Waals surface area contributed by atoms with Crippen LogP contribution in [0.5, 0.6) is 0 Å². The molecule has 0 atom stereocenters. The molecule has 1 saturated heterocycles. The number of aryl methyl sites for hydroxylation is 1. The molecule has 0 bridgehead atoms. The molecule has 2 aromatic rings. The minimum Gasteiger partial charge on any atom is -0.351 e. The summed E-state index contributed by atoms with van der Waals surface area (Å²) < 4.78 is 0. The van der Waals surface area contributed by atoms with Crippen LogP contribution in [0, 0.1) is 6.92 Å². The highest BCUT2D eigenvalue weighted by molar-refractivity contribution is 8.00. The molecule has 1 fully saturated rings. The monoisotopic (exact) mass is 425 g/mol. The number of hydrogen-bond donors (Lipinski definition) is 2. The molecule has 0 spiro atoms. The first-order valence-electron chi connectivity index (χ1n) is 10.6. The van der Waals surface area contributed by atoms with Gasteiger partial charge < -0.3 is 10.6 Å². The van der Waals surface area contributed by atoms with Crippen molar-refractivity contribution in [2.24, 2.45) is 0 Å². The lowest BCUT2D eigenvalue weighted by atomic mass is 10.1. The molecule has 3 rings (SSSR count). The summed E-state index contributed by atoms with van der Waals surface area (Å²) in [5.74, 6) is 0.377. The number of hydrogen-bond acceptors (Lipinski definition) is 4. The number of thioether (sulfide) groups is 1. The van der Waals surface area contributed by atoms with Gasteiger partial charge in [0.25, 0.3) is 0 Å². The summed E-state index contributed by atoms with van der Waals surface area (Å²) in [5, 5.41) is 5.77. The van der Waals surface area contributed by atoms with Crippen LogP contribution in [-0.2, 0) is 22.7 Å². The minimum atomic E-state index is -0.0963. The molecule has 2 aromatic carbocycles. The van der Waals surface area contributed by atoms with E-state index in [1.54, 1.807) is 0 Å². The largest absolute Gasteiger partial charge is 0.351 e. The van der Waals surface area contributed by atoms with Gasteiger partial charge >= 0.3 is 0 Å². The van der Waals surface area contributed by atoms with Crippen LogP contribution in [0.2, 0.25) is 0 Å². The van der Waals surface area contributed by atoms with Crippen LogP contribution < -0.4 is 10.6 Å². The molecule has 2 N–H and O–H groups in total. The number of likely N-dealkylation sites (tertiary alicyclic amines) is 1. The van der Waals surface area contributed by atoms with Gasteiger partial charge in [-0.25, -0.2) is 0 Å². The molecular weight excluding hydrogens is 394 g/mol. The summed E-state index contributed by atoms with van der Waals surface area (Å²) in [6.45, 7) is 5.91. The highest BCUT2D eigenvalue weighted by Gasteiger charge is 2.10. The zero-order valence-electron chi connectivity index (χ0n) is 17.7. The average molecular weight is 426 g/mol. The van der Waals surface area contributed by atoms with Crippen molar-refractivity contribution in [3.8, 4) is 0 Å². The van der Waals surface area contributed by atoms with E-state index < -0.39 is 0 Å². The molecule has 0 radical (unpaired) electrons. The Balaban J connectivity index is 1.31. The number of nitrogens with zero attached hydrogens (tertiary/aromatic N) is 1. The maximum Gasteiger partial charge on any atom is 0.234 e. The summed E-state index contributed by atoms with van der Waals surface area (Å²) in [4.78, 5) is 26.5. The fourth-order valence-electron chi connectivity index (χ4n) is 3.46. The average Bonchev–Trinajstić information content (AvgIpc) is 2.76. The van der Waals surface area contributed by atoms with Crippen molar-refractivity contribution < 1.29 is 9.59 Å². The third kappa shape index (κ3) is 7.84. The van der Waals surface area contributed by atoms with Crippen LogP contribution in [0.3, 0.4) is 0 Å². The number of nitrogens with one attached hydrogen (secondary N) is 2. The van der Waals surface area contributed by atoms with Crippen LogP contribution in [-0.4, -0.2) is 41.3 Å². The Bertz CT molecular complexity index is 815.